The van der Waals surface area contributed by atoms with Gasteiger partial charge in [-0.15, -0.1) is 0 Å². The van der Waals surface area contributed by atoms with E-state index in [0.717, 1.165) is 5.56 Å². The molecule has 104 valence electrons. The number of hydrogen-bond donors (Lipinski definition) is 1. The van der Waals surface area contributed by atoms with Crippen LogP contribution in [-0.2, 0) is 9.59 Å². The van der Waals surface area contributed by atoms with Crippen molar-refractivity contribution in [2.75, 3.05) is 7.05 Å². The van der Waals surface area contributed by atoms with Crippen LogP contribution in [0, 0.1) is 0 Å². The summed E-state index contributed by atoms with van der Waals surface area (Å²) in [5.41, 5.74) is -0.290. The maximum absolute atomic E-state index is 12.5. The number of rotatable bonds is 5. The highest BCUT2D eigenvalue weighted by atomic mass is 16.4. The fraction of sp³-hybridized carbons (Fsp3) is 0.467. The van der Waals surface area contributed by atoms with Gasteiger partial charge in [0.2, 0.25) is 5.91 Å². The normalized spacial score (nSPS) is 12.8. The minimum atomic E-state index is -1.21. The highest BCUT2D eigenvalue weighted by Gasteiger charge is 2.37. The molecule has 1 aromatic carbocycles. The van der Waals surface area contributed by atoms with Gasteiger partial charge in [0.1, 0.15) is 5.54 Å². The Morgan fingerprint density at radius 3 is 2.21 bits per heavy atom. The Morgan fingerprint density at radius 1 is 1.26 bits per heavy atom. The number of carbonyl (C=O) groups excluding carboxylic acids is 1. The van der Waals surface area contributed by atoms with Gasteiger partial charge in [-0.1, -0.05) is 37.3 Å². The van der Waals surface area contributed by atoms with Crippen LogP contribution in [-0.4, -0.2) is 34.5 Å². The highest BCUT2D eigenvalue weighted by Crippen LogP contribution is 2.25. The molecule has 1 rings (SSSR count). The SMILES string of the molecule is CCC(C(=O)N(C)C(C)(C)C(=O)O)c1ccccc1. The lowest BCUT2D eigenvalue weighted by Gasteiger charge is -2.34. The summed E-state index contributed by atoms with van der Waals surface area (Å²) >= 11 is 0. The van der Waals surface area contributed by atoms with E-state index in [1.165, 1.54) is 18.7 Å². The molecule has 1 atom stereocenters. The molecular weight excluding hydrogens is 242 g/mol. The first kappa shape index (κ1) is 15.2. The van der Waals surface area contributed by atoms with Crippen molar-refractivity contribution in [2.45, 2.75) is 38.6 Å². The molecule has 0 fully saturated rings. The van der Waals surface area contributed by atoms with E-state index in [1.54, 1.807) is 7.05 Å². The summed E-state index contributed by atoms with van der Waals surface area (Å²) in [5.74, 6) is -1.47. The minimum Gasteiger partial charge on any atom is -0.480 e. The van der Waals surface area contributed by atoms with Gasteiger partial charge in [-0.05, 0) is 25.8 Å². The first-order valence-electron chi connectivity index (χ1n) is 6.38. The Morgan fingerprint density at radius 2 is 1.79 bits per heavy atom. The molecule has 1 amide bonds. The van der Waals surface area contributed by atoms with E-state index < -0.39 is 11.5 Å². The lowest BCUT2D eigenvalue weighted by Crippen LogP contribution is -2.52. The Labute approximate surface area is 114 Å². The van der Waals surface area contributed by atoms with E-state index >= 15 is 0 Å². The van der Waals surface area contributed by atoms with Crippen molar-refractivity contribution in [3.05, 3.63) is 35.9 Å². The van der Waals surface area contributed by atoms with Crippen molar-refractivity contribution in [1.82, 2.24) is 4.90 Å². The number of carboxylic acids is 1. The molecule has 0 aliphatic heterocycles. The first-order valence-corrected chi connectivity index (χ1v) is 6.38. The van der Waals surface area contributed by atoms with E-state index in [0.29, 0.717) is 6.42 Å². The van der Waals surface area contributed by atoms with Gasteiger partial charge in [-0.3, -0.25) is 4.79 Å². The van der Waals surface area contributed by atoms with Gasteiger partial charge in [-0.25, -0.2) is 4.79 Å². The third kappa shape index (κ3) is 3.13. The van der Waals surface area contributed by atoms with Crippen LogP contribution >= 0.6 is 0 Å². The van der Waals surface area contributed by atoms with E-state index in [-0.39, 0.29) is 11.8 Å². The lowest BCUT2D eigenvalue weighted by molar-refractivity contribution is -0.156. The average Bonchev–Trinajstić information content (AvgIpc) is 2.39. The molecular formula is C15H21NO3. The van der Waals surface area contributed by atoms with Crippen molar-refractivity contribution >= 4 is 11.9 Å². The Kier molecular flexibility index (Phi) is 4.70. The lowest BCUT2D eigenvalue weighted by atomic mass is 9.92. The third-order valence-corrected chi connectivity index (χ3v) is 3.60. The van der Waals surface area contributed by atoms with E-state index in [2.05, 4.69) is 0 Å². The average molecular weight is 263 g/mol. The summed E-state index contributed by atoms with van der Waals surface area (Å²) in [6.45, 7) is 4.99. The molecule has 1 N–H and O–H groups in total. The van der Waals surface area contributed by atoms with Crippen LogP contribution in [0.25, 0.3) is 0 Å². The Hall–Kier alpha value is -1.84. The summed E-state index contributed by atoms with van der Waals surface area (Å²) in [6, 6.07) is 9.45. The van der Waals surface area contributed by atoms with E-state index in [9.17, 15) is 14.7 Å². The Balaban J connectivity index is 3.01. The largest absolute Gasteiger partial charge is 0.480 e. The number of likely N-dealkylation sites (N-methyl/N-ethyl adjacent to an activating group) is 1. The predicted octanol–water partition coefficient (Wildman–Crippen LogP) is 2.50. The molecule has 0 spiro atoms. The quantitative estimate of drug-likeness (QED) is 0.888. The van der Waals surface area contributed by atoms with Gasteiger partial charge in [0, 0.05) is 7.05 Å². The highest BCUT2D eigenvalue weighted by molar-refractivity contribution is 5.89. The van der Waals surface area contributed by atoms with Crippen molar-refractivity contribution in [1.29, 1.82) is 0 Å². The molecule has 0 radical (unpaired) electrons. The minimum absolute atomic E-state index is 0.166. The van der Waals surface area contributed by atoms with Crippen LogP contribution in [0.1, 0.15) is 38.7 Å². The molecule has 0 aromatic heterocycles. The number of aliphatic carboxylic acids is 1. The topological polar surface area (TPSA) is 57.6 Å². The van der Waals surface area contributed by atoms with Gasteiger partial charge in [-0.2, -0.15) is 0 Å². The zero-order valence-corrected chi connectivity index (χ0v) is 11.9. The maximum Gasteiger partial charge on any atom is 0.329 e. The van der Waals surface area contributed by atoms with E-state index in [1.807, 2.05) is 37.3 Å². The molecule has 1 unspecified atom stereocenters. The van der Waals surface area contributed by atoms with Crippen LogP contribution in [0.4, 0.5) is 0 Å². The first-order chi connectivity index (χ1) is 8.82. The maximum atomic E-state index is 12.5. The molecule has 19 heavy (non-hydrogen) atoms. The molecule has 0 aliphatic carbocycles. The molecule has 0 saturated heterocycles. The Bertz CT molecular complexity index is 454. The standard InChI is InChI=1S/C15H21NO3/c1-5-12(11-9-7-6-8-10-11)13(17)16(4)15(2,3)14(18)19/h6-10,12H,5H2,1-4H3,(H,18,19). The second kappa shape index (κ2) is 5.87. The fourth-order valence-corrected chi connectivity index (χ4v) is 1.89. The zero-order chi connectivity index (χ0) is 14.6. The van der Waals surface area contributed by atoms with Crippen molar-refractivity contribution in [3.8, 4) is 0 Å². The summed E-state index contributed by atoms with van der Waals surface area (Å²) in [4.78, 5) is 25.0. The predicted molar refractivity (Wildman–Crippen MR) is 74.0 cm³/mol. The second-order valence-electron chi connectivity index (χ2n) is 5.13. The number of carbonyl (C=O) groups is 2. The molecule has 4 heteroatoms. The molecule has 0 aliphatic rings. The molecule has 0 bridgehead atoms. The van der Waals surface area contributed by atoms with Gasteiger partial charge in [0.15, 0.2) is 0 Å². The van der Waals surface area contributed by atoms with Gasteiger partial charge < -0.3 is 10.0 Å². The smallest absolute Gasteiger partial charge is 0.329 e. The van der Waals surface area contributed by atoms with Gasteiger partial charge in [0.25, 0.3) is 0 Å². The number of amides is 1. The number of benzene rings is 1. The van der Waals surface area contributed by atoms with Crippen molar-refractivity contribution in [3.63, 3.8) is 0 Å². The molecule has 0 saturated carbocycles. The number of carboxylic acid groups (broad SMARTS) is 1. The van der Waals surface area contributed by atoms with Crippen LogP contribution in [0.15, 0.2) is 30.3 Å². The summed E-state index contributed by atoms with van der Waals surface area (Å²) in [7, 11) is 1.54. The molecule has 0 heterocycles. The number of hydrogen-bond acceptors (Lipinski definition) is 2. The van der Waals surface area contributed by atoms with Crippen LogP contribution < -0.4 is 0 Å². The van der Waals surface area contributed by atoms with Gasteiger partial charge in [0.05, 0.1) is 5.92 Å². The monoisotopic (exact) mass is 263 g/mol. The van der Waals surface area contributed by atoms with Crippen LogP contribution in [0.3, 0.4) is 0 Å². The van der Waals surface area contributed by atoms with Gasteiger partial charge >= 0.3 is 5.97 Å². The third-order valence-electron chi connectivity index (χ3n) is 3.60. The van der Waals surface area contributed by atoms with Crippen LogP contribution in [0.5, 0.6) is 0 Å². The molecule has 1 aromatic rings. The fourth-order valence-electron chi connectivity index (χ4n) is 1.89. The number of nitrogens with zero attached hydrogens (tertiary/aromatic N) is 1. The van der Waals surface area contributed by atoms with E-state index in [4.69, 9.17) is 0 Å². The molecule has 4 nitrogen and oxygen atoms in total. The summed E-state index contributed by atoms with van der Waals surface area (Å²) < 4.78 is 0. The zero-order valence-electron chi connectivity index (χ0n) is 11.9. The van der Waals surface area contributed by atoms with Crippen LogP contribution in [0.2, 0.25) is 0 Å². The summed E-state index contributed by atoms with van der Waals surface area (Å²) in [6.07, 6.45) is 0.642. The summed E-state index contributed by atoms with van der Waals surface area (Å²) in [5, 5.41) is 9.19. The van der Waals surface area contributed by atoms with Crippen molar-refractivity contribution in [2.24, 2.45) is 0 Å². The van der Waals surface area contributed by atoms with Crippen molar-refractivity contribution < 1.29 is 14.7 Å². The second-order valence-corrected chi connectivity index (χ2v) is 5.13.